The zero-order valence-electron chi connectivity index (χ0n) is 14.5. The van der Waals surface area contributed by atoms with Gasteiger partial charge in [0.1, 0.15) is 5.75 Å². The van der Waals surface area contributed by atoms with Gasteiger partial charge in [0.15, 0.2) is 0 Å². The number of hydrogen-bond donors (Lipinski definition) is 1. The summed E-state index contributed by atoms with van der Waals surface area (Å²) in [4.78, 5) is 16.6. The van der Waals surface area contributed by atoms with E-state index >= 15 is 0 Å². The van der Waals surface area contributed by atoms with Gasteiger partial charge in [-0.1, -0.05) is 42.0 Å². The molecule has 26 heavy (non-hydrogen) atoms. The number of pyridine rings is 1. The molecule has 1 heterocycles. The van der Waals surface area contributed by atoms with Crippen LogP contribution in [0.3, 0.4) is 0 Å². The SMILES string of the molecule is COc1ccc2ccccc2c1-c1cc(C(=O)O)c2cc(C)ccc2n1. The van der Waals surface area contributed by atoms with Gasteiger partial charge < -0.3 is 9.84 Å². The van der Waals surface area contributed by atoms with Crippen LogP contribution < -0.4 is 4.74 Å². The summed E-state index contributed by atoms with van der Waals surface area (Å²) in [5.41, 5.74) is 3.28. The van der Waals surface area contributed by atoms with Gasteiger partial charge in [-0.3, -0.25) is 0 Å². The number of benzene rings is 3. The Labute approximate surface area is 150 Å². The van der Waals surface area contributed by atoms with Gasteiger partial charge in [0, 0.05) is 5.39 Å². The van der Waals surface area contributed by atoms with E-state index in [9.17, 15) is 9.90 Å². The Morgan fingerprint density at radius 2 is 1.81 bits per heavy atom. The predicted octanol–water partition coefficient (Wildman–Crippen LogP) is 5.07. The lowest BCUT2D eigenvalue weighted by molar-refractivity contribution is 0.0699. The Morgan fingerprint density at radius 3 is 2.58 bits per heavy atom. The number of nitrogens with zero attached hydrogens (tertiary/aromatic N) is 1. The molecule has 1 aromatic heterocycles. The lowest BCUT2D eigenvalue weighted by atomic mass is 9.97. The third kappa shape index (κ3) is 2.56. The highest BCUT2D eigenvalue weighted by atomic mass is 16.5. The molecule has 0 saturated heterocycles. The van der Waals surface area contributed by atoms with E-state index in [4.69, 9.17) is 9.72 Å². The average Bonchev–Trinajstić information content (AvgIpc) is 2.66. The third-order valence-electron chi connectivity index (χ3n) is 4.56. The summed E-state index contributed by atoms with van der Waals surface area (Å²) in [5, 5.41) is 12.4. The van der Waals surface area contributed by atoms with Crippen LogP contribution in [0.25, 0.3) is 32.9 Å². The molecule has 4 nitrogen and oxygen atoms in total. The van der Waals surface area contributed by atoms with Gasteiger partial charge in [-0.25, -0.2) is 9.78 Å². The molecule has 0 bridgehead atoms. The molecule has 4 rings (SSSR count). The summed E-state index contributed by atoms with van der Waals surface area (Å²) in [6.07, 6.45) is 0. The summed E-state index contributed by atoms with van der Waals surface area (Å²) in [6, 6.07) is 19.1. The maximum Gasteiger partial charge on any atom is 0.336 e. The maximum atomic E-state index is 11.9. The molecule has 0 fully saturated rings. The summed E-state index contributed by atoms with van der Waals surface area (Å²) < 4.78 is 5.55. The molecule has 4 heteroatoms. The summed E-state index contributed by atoms with van der Waals surface area (Å²) in [7, 11) is 1.61. The van der Waals surface area contributed by atoms with Gasteiger partial charge in [0.2, 0.25) is 0 Å². The Hall–Kier alpha value is -3.40. The second kappa shape index (κ2) is 6.15. The van der Waals surface area contributed by atoms with Gasteiger partial charge in [0.25, 0.3) is 0 Å². The predicted molar refractivity (Wildman–Crippen MR) is 103 cm³/mol. The first-order valence-corrected chi connectivity index (χ1v) is 8.29. The largest absolute Gasteiger partial charge is 0.496 e. The van der Waals surface area contributed by atoms with Crippen molar-refractivity contribution in [3.05, 3.63) is 71.8 Å². The number of carboxylic acid groups (broad SMARTS) is 1. The quantitative estimate of drug-likeness (QED) is 0.564. The number of fused-ring (bicyclic) bond motifs is 2. The van der Waals surface area contributed by atoms with Crippen LogP contribution in [0, 0.1) is 6.92 Å². The minimum absolute atomic E-state index is 0.240. The zero-order valence-corrected chi connectivity index (χ0v) is 14.5. The van der Waals surface area contributed by atoms with Gasteiger partial charge in [-0.15, -0.1) is 0 Å². The topological polar surface area (TPSA) is 59.4 Å². The Bertz CT molecular complexity index is 1160. The Morgan fingerprint density at radius 1 is 1.00 bits per heavy atom. The van der Waals surface area contributed by atoms with Crippen LogP contribution in [0.5, 0.6) is 5.75 Å². The van der Waals surface area contributed by atoms with Gasteiger partial charge >= 0.3 is 5.97 Å². The number of rotatable bonds is 3. The molecule has 0 atom stereocenters. The first-order chi connectivity index (χ1) is 12.6. The highest BCUT2D eigenvalue weighted by Crippen LogP contribution is 2.37. The summed E-state index contributed by atoms with van der Waals surface area (Å²) in [6.45, 7) is 1.94. The van der Waals surface area contributed by atoms with E-state index in [2.05, 4.69) is 0 Å². The van der Waals surface area contributed by atoms with Crippen LogP contribution in [0.2, 0.25) is 0 Å². The minimum Gasteiger partial charge on any atom is -0.496 e. The first kappa shape index (κ1) is 16.1. The second-order valence-corrected chi connectivity index (χ2v) is 6.24. The molecule has 3 aromatic carbocycles. The molecule has 128 valence electrons. The average molecular weight is 343 g/mol. The van der Waals surface area contributed by atoms with E-state index in [1.54, 1.807) is 13.2 Å². The van der Waals surface area contributed by atoms with Crippen molar-refractivity contribution in [2.45, 2.75) is 6.92 Å². The van der Waals surface area contributed by atoms with Crippen molar-refractivity contribution in [2.24, 2.45) is 0 Å². The molecule has 0 amide bonds. The molecule has 0 saturated carbocycles. The number of methoxy groups -OCH3 is 1. The van der Waals surface area contributed by atoms with Gasteiger partial charge in [-0.05, 0) is 42.0 Å². The second-order valence-electron chi connectivity index (χ2n) is 6.24. The van der Waals surface area contributed by atoms with Crippen LogP contribution in [0.1, 0.15) is 15.9 Å². The molecule has 0 aliphatic heterocycles. The van der Waals surface area contributed by atoms with E-state index < -0.39 is 5.97 Å². The van der Waals surface area contributed by atoms with Gasteiger partial charge in [-0.2, -0.15) is 0 Å². The molecule has 0 aliphatic carbocycles. The number of carbonyl (C=O) groups is 1. The van der Waals surface area contributed by atoms with Crippen molar-refractivity contribution in [3.8, 4) is 17.0 Å². The van der Waals surface area contributed by atoms with Gasteiger partial charge in [0.05, 0.1) is 29.4 Å². The van der Waals surface area contributed by atoms with Crippen molar-refractivity contribution >= 4 is 27.6 Å². The number of aryl methyl sites for hydroxylation is 1. The fourth-order valence-corrected chi connectivity index (χ4v) is 3.33. The Kier molecular flexibility index (Phi) is 3.81. The van der Waals surface area contributed by atoms with E-state index in [0.717, 1.165) is 21.9 Å². The van der Waals surface area contributed by atoms with Crippen molar-refractivity contribution in [3.63, 3.8) is 0 Å². The maximum absolute atomic E-state index is 11.9. The summed E-state index contributed by atoms with van der Waals surface area (Å²) >= 11 is 0. The van der Waals surface area contributed by atoms with Crippen LogP contribution in [-0.4, -0.2) is 23.2 Å². The van der Waals surface area contributed by atoms with Crippen molar-refractivity contribution in [2.75, 3.05) is 7.11 Å². The van der Waals surface area contributed by atoms with Crippen LogP contribution in [0.4, 0.5) is 0 Å². The highest BCUT2D eigenvalue weighted by Gasteiger charge is 2.17. The van der Waals surface area contributed by atoms with E-state index in [-0.39, 0.29) is 5.56 Å². The number of ether oxygens (including phenoxy) is 1. The highest BCUT2D eigenvalue weighted by molar-refractivity contribution is 6.06. The van der Waals surface area contributed by atoms with E-state index in [0.29, 0.717) is 22.3 Å². The molecule has 0 unspecified atom stereocenters. The van der Waals surface area contributed by atoms with Crippen molar-refractivity contribution < 1.29 is 14.6 Å². The number of aromatic nitrogens is 1. The molecular formula is C22H17NO3. The Balaban J connectivity index is 2.11. The number of aromatic carboxylic acids is 1. The summed E-state index contributed by atoms with van der Waals surface area (Å²) in [5.74, 6) is -0.303. The van der Waals surface area contributed by atoms with E-state index in [1.807, 2.05) is 61.5 Å². The molecular weight excluding hydrogens is 326 g/mol. The van der Waals surface area contributed by atoms with Crippen molar-refractivity contribution in [1.82, 2.24) is 4.98 Å². The number of hydrogen-bond acceptors (Lipinski definition) is 3. The van der Waals surface area contributed by atoms with Crippen LogP contribution in [0.15, 0.2) is 60.7 Å². The van der Waals surface area contributed by atoms with Crippen molar-refractivity contribution in [1.29, 1.82) is 0 Å². The smallest absolute Gasteiger partial charge is 0.336 e. The van der Waals surface area contributed by atoms with Crippen LogP contribution >= 0.6 is 0 Å². The lowest BCUT2D eigenvalue weighted by Crippen LogP contribution is -2.01. The molecule has 0 radical (unpaired) electrons. The minimum atomic E-state index is -0.969. The van der Waals surface area contributed by atoms with Crippen LogP contribution in [-0.2, 0) is 0 Å². The number of carboxylic acids is 1. The normalized spacial score (nSPS) is 11.0. The fraction of sp³-hybridized carbons (Fsp3) is 0.0909. The zero-order chi connectivity index (χ0) is 18.3. The molecule has 1 N–H and O–H groups in total. The molecule has 0 aliphatic rings. The van der Waals surface area contributed by atoms with E-state index in [1.165, 1.54) is 0 Å². The monoisotopic (exact) mass is 343 g/mol. The lowest BCUT2D eigenvalue weighted by Gasteiger charge is -2.14. The first-order valence-electron chi connectivity index (χ1n) is 8.29. The third-order valence-corrected chi connectivity index (χ3v) is 4.56. The molecule has 0 spiro atoms. The standard InChI is InChI=1S/C22H17NO3/c1-13-7-9-18-16(11-13)17(22(24)25)12-19(23-18)21-15-6-4-3-5-14(15)8-10-20(21)26-2/h3-12H,1-2H3,(H,24,25). The molecule has 4 aromatic rings. The fourth-order valence-electron chi connectivity index (χ4n) is 3.33.